The molecule has 0 bridgehead atoms. The van der Waals surface area contributed by atoms with Gasteiger partial charge in [-0.2, -0.15) is 0 Å². The van der Waals surface area contributed by atoms with Gasteiger partial charge in [0.1, 0.15) is 18.1 Å². The summed E-state index contributed by atoms with van der Waals surface area (Å²) < 4.78 is 10.9. The summed E-state index contributed by atoms with van der Waals surface area (Å²) >= 11 is 6.04. The highest BCUT2D eigenvalue weighted by molar-refractivity contribution is 6.31. The molecular formula is C24H21ClN2O6. The van der Waals surface area contributed by atoms with Crippen LogP contribution in [0.2, 0.25) is 5.02 Å². The van der Waals surface area contributed by atoms with Crippen molar-refractivity contribution in [3.63, 3.8) is 0 Å². The Morgan fingerprint density at radius 3 is 2.45 bits per heavy atom. The average molecular weight is 469 g/mol. The molecule has 9 heteroatoms. The third kappa shape index (κ3) is 7.33. The minimum absolute atomic E-state index is 0.0193. The Balaban J connectivity index is 1.45. The van der Waals surface area contributed by atoms with Crippen LogP contribution in [0.1, 0.15) is 24.0 Å². The summed E-state index contributed by atoms with van der Waals surface area (Å²) in [4.78, 5) is 34.3. The highest BCUT2D eigenvalue weighted by Gasteiger charge is 2.10. The molecule has 0 atom stereocenters. The molecule has 170 valence electrons. The molecule has 0 aliphatic carbocycles. The molecule has 0 saturated heterocycles. The first kappa shape index (κ1) is 23.7. The number of benzene rings is 3. The van der Waals surface area contributed by atoms with Crippen molar-refractivity contribution in [1.82, 2.24) is 0 Å². The van der Waals surface area contributed by atoms with Crippen LogP contribution in [0.5, 0.6) is 11.5 Å². The van der Waals surface area contributed by atoms with E-state index in [9.17, 15) is 19.7 Å². The quantitative estimate of drug-likeness (QED) is 0.241. The van der Waals surface area contributed by atoms with Crippen molar-refractivity contribution in [1.29, 1.82) is 0 Å². The number of amides is 1. The smallest absolute Gasteiger partial charge is 0.306 e. The molecule has 33 heavy (non-hydrogen) atoms. The maximum atomic E-state index is 12.0. The Morgan fingerprint density at radius 2 is 1.76 bits per heavy atom. The van der Waals surface area contributed by atoms with Crippen molar-refractivity contribution in [3.8, 4) is 11.5 Å². The summed E-state index contributed by atoms with van der Waals surface area (Å²) in [6, 6.07) is 17.8. The van der Waals surface area contributed by atoms with E-state index in [1.807, 2.05) is 6.92 Å². The van der Waals surface area contributed by atoms with Crippen LogP contribution in [-0.2, 0) is 20.9 Å². The second-order valence-electron chi connectivity index (χ2n) is 7.17. The van der Waals surface area contributed by atoms with Crippen molar-refractivity contribution >= 4 is 34.9 Å². The van der Waals surface area contributed by atoms with Gasteiger partial charge in [0, 0.05) is 29.3 Å². The molecule has 0 unspecified atom stereocenters. The van der Waals surface area contributed by atoms with E-state index in [0.717, 1.165) is 5.56 Å². The van der Waals surface area contributed by atoms with Gasteiger partial charge in [0.2, 0.25) is 5.91 Å². The van der Waals surface area contributed by atoms with E-state index in [1.165, 1.54) is 24.3 Å². The number of rotatable bonds is 9. The van der Waals surface area contributed by atoms with Crippen molar-refractivity contribution in [2.75, 3.05) is 5.32 Å². The summed E-state index contributed by atoms with van der Waals surface area (Å²) in [7, 11) is 0. The van der Waals surface area contributed by atoms with E-state index in [0.29, 0.717) is 27.8 Å². The number of hydrogen-bond donors (Lipinski definition) is 1. The molecule has 3 aromatic carbocycles. The van der Waals surface area contributed by atoms with Crippen molar-refractivity contribution in [2.24, 2.45) is 0 Å². The zero-order valence-corrected chi connectivity index (χ0v) is 18.5. The lowest BCUT2D eigenvalue weighted by Gasteiger charge is -2.09. The second kappa shape index (κ2) is 11.1. The van der Waals surface area contributed by atoms with Crippen LogP contribution < -0.4 is 10.1 Å². The Bertz CT molecular complexity index is 1160. The van der Waals surface area contributed by atoms with Gasteiger partial charge in [0.25, 0.3) is 5.69 Å². The minimum atomic E-state index is -0.506. The number of esters is 1. The van der Waals surface area contributed by atoms with Gasteiger partial charge < -0.3 is 14.8 Å². The monoisotopic (exact) mass is 468 g/mol. The van der Waals surface area contributed by atoms with Gasteiger partial charge >= 0.3 is 5.97 Å². The molecule has 0 heterocycles. The van der Waals surface area contributed by atoms with Crippen molar-refractivity contribution in [2.45, 2.75) is 26.4 Å². The molecule has 0 saturated carbocycles. The number of carbonyl (C=O) groups is 2. The van der Waals surface area contributed by atoms with Crippen LogP contribution in [0.15, 0.2) is 66.7 Å². The van der Waals surface area contributed by atoms with Crippen LogP contribution in [0.25, 0.3) is 0 Å². The second-order valence-corrected chi connectivity index (χ2v) is 7.58. The Morgan fingerprint density at radius 1 is 1.00 bits per heavy atom. The number of ether oxygens (including phenoxy) is 2. The maximum absolute atomic E-state index is 12.0. The minimum Gasteiger partial charge on any atom is -0.461 e. The molecule has 1 N–H and O–H groups in total. The summed E-state index contributed by atoms with van der Waals surface area (Å²) in [5, 5.41) is 14.0. The van der Waals surface area contributed by atoms with Gasteiger partial charge in [-0.15, -0.1) is 0 Å². The molecule has 0 aliphatic heterocycles. The lowest BCUT2D eigenvalue weighted by molar-refractivity contribution is -0.384. The Hall–Kier alpha value is -3.91. The lowest BCUT2D eigenvalue weighted by atomic mass is 10.2. The number of nitro groups is 1. The normalized spacial score (nSPS) is 10.4. The molecule has 8 nitrogen and oxygen atoms in total. The molecular weight excluding hydrogens is 448 g/mol. The fraction of sp³-hybridized carbons (Fsp3) is 0.167. The molecule has 1 amide bonds. The Kier molecular flexibility index (Phi) is 7.99. The SMILES string of the molecule is Cc1ccc(NC(=O)CCC(=O)OCc2cccc(Oc3ccc([N+](=O)[O-])cc3)c2)cc1Cl. The molecule has 3 rings (SSSR count). The zero-order chi connectivity index (χ0) is 23.8. The van der Waals surface area contributed by atoms with Gasteiger partial charge in [0.05, 0.1) is 11.3 Å². The van der Waals surface area contributed by atoms with E-state index in [-0.39, 0.29) is 31.0 Å². The van der Waals surface area contributed by atoms with Gasteiger partial charge in [-0.1, -0.05) is 29.8 Å². The standard InChI is InChI=1S/C24H21ClN2O6/c1-16-5-6-18(14-22(16)25)26-23(28)11-12-24(29)32-15-17-3-2-4-21(13-17)33-20-9-7-19(8-10-20)27(30)31/h2-10,13-14H,11-12,15H2,1H3,(H,26,28). The van der Waals surface area contributed by atoms with Gasteiger partial charge in [-0.3, -0.25) is 19.7 Å². The van der Waals surface area contributed by atoms with Gasteiger partial charge in [0.15, 0.2) is 0 Å². The van der Waals surface area contributed by atoms with Gasteiger partial charge in [-0.05, 0) is 54.4 Å². The number of halogens is 1. The van der Waals surface area contributed by atoms with E-state index in [4.69, 9.17) is 21.1 Å². The fourth-order valence-electron chi connectivity index (χ4n) is 2.82. The third-order valence-electron chi connectivity index (χ3n) is 4.59. The summed E-state index contributed by atoms with van der Waals surface area (Å²) in [6.45, 7) is 1.88. The lowest BCUT2D eigenvalue weighted by Crippen LogP contribution is -2.14. The molecule has 0 radical (unpaired) electrons. The van der Waals surface area contributed by atoms with Crippen molar-refractivity contribution < 1.29 is 24.0 Å². The largest absolute Gasteiger partial charge is 0.461 e. The molecule has 0 fully saturated rings. The first-order valence-corrected chi connectivity index (χ1v) is 10.4. The number of carbonyl (C=O) groups excluding carboxylic acids is 2. The predicted octanol–water partition coefficient (Wildman–Crippen LogP) is 5.81. The molecule has 0 aliphatic rings. The average Bonchev–Trinajstić information content (AvgIpc) is 2.79. The first-order chi connectivity index (χ1) is 15.8. The fourth-order valence-corrected chi connectivity index (χ4v) is 3.00. The number of nitrogens with zero attached hydrogens (tertiary/aromatic N) is 1. The number of nitro benzene ring substituents is 1. The predicted molar refractivity (Wildman–Crippen MR) is 123 cm³/mol. The van der Waals surface area contributed by atoms with Crippen LogP contribution in [0.4, 0.5) is 11.4 Å². The number of non-ortho nitro benzene ring substituents is 1. The van der Waals surface area contributed by atoms with E-state index < -0.39 is 10.9 Å². The zero-order valence-electron chi connectivity index (χ0n) is 17.7. The van der Waals surface area contributed by atoms with E-state index in [1.54, 1.807) is 42.5 Å². The van der Waals surface area contributed by atoms with Crippen LogP contribution in [-0.4, -0.2) is 16.8 Å². The summed E-state index contributed by atoms with van der Waals surface area (Å²) in [6.07, 6.45) is -0.0853. The number of nitrogens with one attached hydrogen (secondary N) is 1. The number of anilines is 1. The van der Waals surface area contributed by atoms with Crippen LogP contribution in [0, 0.1) is 17.0 Å². The van der Waals surface area contributed by atoms with Crippen molar-refractivity contribution in [3.05, 3.63) is 93.0 Å². The number of aryl methyl sites for hydroxylation is 1. The first-order valence-electron chi connectivity index (χ1n) is 10.0. The van der Waals surface area contributed by atoms with Gasteiger partial charge in [-0.25, -0.2) is 0 Å². The van der Waals surface area contributed by atoms with Crippen LogP contribution in [0.3, 0.4) is 0 Å². The Labute approximate surface area is 195 Å². The molecule has 0 spiro atoms. The van der Waals surface area contributed by atoms with E-state index in [2.05, 4.69) is 5.32 Å². The highest BCUT2D eigenvalue weighted by atomic mass is 35.5. The van der Waals surface area contributed by atoms with Crippen LogP contribution >= 0.6 is 11.6 Å². The summed E-state index contributed by atoms with van der Waals surface area (Å²) in [5.41, 5.74) is 2.13. The third-order valence-corrected chi connectivity index (χ3v) is 5.00. The molecule has 0 aromatic heterocycles. The summed E-state index contributed by atoms with van der Waals surface area (Å²) in [5.74, 6) is 0.114. The highest BCUT2D eigenvalue weighted by Crippen LogP contribution is 2.25. The number of hydrogen-bond acceptors (Lipinski definition) is 6. The maximum Gasteiger partial charge on any atom is 0.306 e. The topological polar surface area (TPSA) is 108 Å². The van der Waals surface area contributed by atoms with E-state index >= 15 is 0 Å². The molecule has 3 aromatic rings.